The zero-order valence-electron chi connectivity index (χ0n) is 13.9. The van der Waals surface area contributed by atoms with Gasteiger partial charge in [-0.05, 0) is 50.4 Å². The van der Waals surface area contributed by atoms with Gasteiger partial charge in [-0.1, -0.05) is 12.1 Å². The van der Waals surface area contributed by atoms with Crippen molar-refractivity contribution >= 4 is 5.97 Å². The molecule has 2 fully saturated rings. The molecular weight excluding hydrogens is 292 g/mol. The van der Waals surface area contributed by atoms with E-state index in [-0.39, 0.29) is 18.6 Å². The molecule has 2 aliphatic heterocycles. The molecule has 3 atom stereocenters. The quantitative estimate of drug-likeness (QED) is 0.840. The van der Waals surface area contributed by atoms with Gasteiger partial charge in [0.05, 0.1) is 13.0 Å². The van der Waals surface area contributed by atoms with Crippen molar-refractivity contribution in [3.8, 4) is 5.75 Å². The number of methoxy groups -OCH3 is 1. The first-order valence-corrected chi connectivity index (χ1v) is 8.38. The van der Waals surface area contributed by atoms with Gasteiger partial charge >= 0.3 is 5.97 Å². The first-order chi connectivity index (χ1) is 11.1. The average Bonchev–Trinajstić information content (AvgIpc) is 2.77. The molecule has 2 saturated heterocycles. The van der Waals surface area contributed by atoms with Crippen LogP contribution in [-0.4, -0.2) is 49.8 Å². The summed E-state index contributed by atoms with van der Waals surface area (Å²) in [7, 11) is 3.79. The summed E-state index contributed by atoms with van der Waals surface area (Å²) in [6.07, 6.45) is 4.33. The van der Waals surface area contributed by atoms with Crippen LogP contribution in [0.4, 0.5) is 0 Å². The number of piperidine rings is 1. The highest BCUT2D eigenvalue weighted by molar-refractivity contribution is 5.78. The van der Waals surface area contributed by atoms with E-state index in [1.54, 1.807) is 7.11 Å². The molecule has 5 heteroatoms. The molecule has 3 rings (SSSR count). The maximum Gasteiger partial charge on any atom is 0.314 e. The van der Waals surface area contributed by atoms with Crippen LogP contribution >= 0.6 is 0 Å². The van der Waals surface area contributed by atoms with Gasteiger partial charge in [0, 0.05) is 18.6 Å². The largest absolute Gasteiger partial charge is 0.497 e. The lowest BCUT2D eigenvalue weighted by atomic mass is 9.97. The lowest BCUT2D eigenvalue weighted by Crippen LogP contribution is -2.44. The Kier molecular flexibility index (Phi) is 4.87. The molecule has 2 N–H and O–H groups in total. The van der Waals surface area contributed by atoms with E-state index in [4.69, 9.17) is 15.2 Å². The molecule has 2 bridgehead atoms. The van der Waals surface area contributed by atoms with E-state index in [0.29, 0.717) is 12.1 Å². The van der Waals surface area contributed by atoms with Crippen LogP contribution in [0.2, 0.25) is 0 Å². The van der Waals surface area contributed by atoms with Crippen molar-refractivity contribution < 1.29 is 14.3 Å². The molecule has 126 valence electrons. The molecule has 0 saturated carbocycles. The second-order valence-corrected chi connectivity index (χ2v) is 6.65. The topological polar surface area (TPSA) is 64.8 Å². The number of carbonyl (C=O) groups is 1. The van der Waals surface area contributed by atoms with Crippen LogP contribution in [0.25, 0.3) is 0 Å². The number of fused-ring (bicyclic) bond motifs is 2. The van der Waals surface area contributed by atoms with E-state index < -0.39 is 5.92 Å². The normalized spacial score (nSPS) is 28.4. The number of esters is 1. The van der Waals surface area contributed by atoms with E-state index in [9.17, 15) is 4.79 Å². The van der Waals surface area contributed by atoms with Crippen molar-refractivity contribution in [3.05, 3.63) is 29.8 Å². The smallest absolute Gasteiger partial charge is 0.314 e. The van der Waals surface area contributed by atoms with Gasteiger partial charge in [-0.15, -0.1) is 0 Å². The van der Waals surface area contributed by atoms with E-state index in [0.717, 1.165) is 24.2 Å². The van der Waals surface area contributed by atoms with Crippen molar-refractivity contribution in [2.24, 2.45) is 5.73 Å². The third-order valence-electron chi connectivity index (χ3n) is 5.35. The Morgan fingerprint density at radius 2 is 2.04 bits per heavy atom. The summed E-state index contributed by atoms with van der Waals surface area (Å²) < 4.78 is 11.0. The molecule has 0 aliphatic carbocycles. The van der Waals surface area contributed by atoms with Gasteiger partial charge in [0.2, 0.25) is 0 Å². The van der Waals surface area contributed by atoms with Crippen LogP contribution in [0.3, 0.4) is 0 Å². The lowest BCUT2D eigenvalue weighted by Gasteiger charge is -2.36. The highest BCUT2D eigenvalue weighted by Gasteiger charge is 2.40. The number of ether oxygens (including phenoxy) is 2. The molecule has 2 aliphatic rings. The van der Waals surface area contributed by atoms with Crippen LogP contribution in [0.5, 0.6) is 5.75 Å². The van der Waals surface area contributed by atoms with Gasteiger partial charge in [0.15, 0.2) is 0 Å². The Bertz CT molecular complexity index is 549. The fraction of sp³-hybridized carbons (Fsp3) is 0.611. The summed E-state index contributed by atoms with van der Waals surface area (Å²) >= 11 is 0. The zero-order chi connectivity index (χ0) is 16.4. The number of nitrogens with two attached hydrogens (primary N) is 1. The molecule has 1 aromatic carbocycles. The second kappa shape index (κ2) is 6.89. The van der Waals surface area contributed by atoms with E-state index in [1.165, 1.54) is 12.8 Å². The molecule has 2 heterocycles. The summed E-state index contributed by atoms with van der Waals surface area (Å²) in [5.41, 5.74) is 6.70. The first kappa shape index (κ1) is 16.3. The van der Waals surface area contributed by atoms with Crippen molar-refractivity contribution in [2.45, 2.75) is 49.8 Å². The Morgan fingerprint density at radius 3 is 2.65 bits per heavy atom. The lowest BCUT2D eigenvalue weighted by molar-refractivity contribution is -0.154. The summed E-state index contributed by atoms with van der Waals surface area (Å²) in [6.45, 7) is 0.242. The number of hydrogen-bond acceptors (Lipinski definition) is 5. The van der Waals surface area contributed by atoms with Gasteiger partial charge < -0.3 is 20.1 Å². The molecule has 5 nitrogen and oxygen atoms in total. The maximum absolute atomic E-state index is 12.6. The summed E-state index contributed by atoms with van der Waals surface area (Å²) in [5, 5.41) is 0. The van der Waals surface area contributed by atoms with Gasteiger partial charge in [-0.3, -0.25) is 4.79 Å². The monoisotopic (exact) mass is 318 g/mol. The molecule has 3 unspecified atom stereocenters. The number of benzene rings is 1. The van der Waals surface area contributed by atoms with Crippen molar-refractivity contribution in [1.82, 2.24) is 4.90 Å². The third kappa shape index (κ3) is 3.35. The Labute approximate surface area is 137 Å². The number of nitrogens with zero attached hydrogens (tertiary/aromatic N) is 1. The number of carbonyl (C=O) groups excluding carboxylic acids is 1. The van der Waals surface area contributed by atoms with Crippen molar-refractivity contribution in [3.63, 3.8) is 0 Å². The Morgan fingerprint density at radius 1 is 1.35 bits per heavy atom. The molecule has 0 aromatic heterocycles. The van der Waals surface area contributed by atoms with E-state index >= 15 is 0 Å². The number of rotatable bonds is 5. The SMILES string of the molecule is COc1cccc(C(CN)C(=O)OC2CC3CCC(C2)N3C)c1. The average molecular weight is 318 g/mol. The van der Waals surface area contributed by atoms with Crippen LogP contribution < -0.4 is 10.5 Å². The van der Waals surface area contributed by atoms with E-state index in [1.807, 2.05) is 24.3 Å². The summed E-state index contributed by atoms with van der Waals surface area (Å²) in [6, 6.07) is 8.60. The molecule has 1 aromatic rings. The van der Waals surface area contributed by atoms with Crippen molar-refractivity contribution in [1.29, 1.82) is 0 Å². The number of hydrogen-bond donors (Lipinski definition) is 1. The molecular formula is C18H26N2O3. The first-order valence-electron chi connectivity index (χ1n) is 8.38. The molecule has 0 spiro atoms. The zero-order valence-corrected chi connectivity index (χ0v) is 13.9. The van der Waals surface area contributed by atoms with Crippen molar-refractivity contribution in [2.75, 3.05) is 20.7 Å². The van der Waals surface area contributed by atoms with Crippen LogP contribution in [0.15, 0.2) is 24.3 Å². The van der Waals surface area contributed by atoms with Crippen LogP contribution in [0.1, 0.15) is 37.2 Å². The third-order valence-corrected chi connectivity index (χ3v) is 5.35. The minimum absolute atomic E-state index is 0.0239. The minimum atomic E-state index is -0.428. The predicted molar refractivity (Wildman–Crippen MR) is 88.5 cm³/mol. The van der Waals surface area contributed by atoms with Gasteiger partial charge in [-0.2, -0.15) is 0 Å². The Hall–Kier alpha value is -1.59. The standard InChI is InChI=1S/C18H26N2O3/c1-20-13-6-7-14(20)10-16(9-13)23-18(21)17(11-19)12-4-3-5-15(8-12)22-2/h3-5,8,13-14,16-17H,6-7,9-11,19H2,1-2H3. The summed E-state index contributed by atoms with van der Waals surface area (Å²) in [5.74, 6) is 0.0863. The molecule has 0 radical (unpaired) electrons. The van der Waals surface area contributed by atoms with Gasteiger partial charge in [0.1, 0.15) is 11.9 Å². The predicted octanol–water partition coefficient (Wildman–Crippen LogP) is 1.91. The Balaban J connectivity index is 1.66. The van der Waals surface area contributed by atoms with Gasteiger partial charge in [0.25, 0.3) is 0 Å². The second-order valence-electron chi connectivity index (χ2n) is 6.65. The maximum atomic E-state index is 12.6. The van der Waals surface area contributed by atoms with Gasteiger partial charge in [-0.25, -0.2) is 0 Å². The minimum Gasteiger partial charge on any atom is -0.497 e. The summed E-state index contributed by atoms with van der Waals surface area (Å²) in [4.78, 5) is 15.0. The fourth-order valence-corrected chi connectivity index (χ4v) is 3.93. The molecule has 0 amide bonds. The van der Waals surface area contributed by atoms with Crippen LogP contribution in [0, 0.1) is 0 Å². The molecule has 23 heavy (non-hydrogen) atoms. The van der Waals surface area contributed by atoms with E-state index in [2.05, 4.69) is 11.9 Å². The fourth-order valence-electron chi connectivity index (χ4n) is 3.93. The van der Waals surface area contributed by atoms with Crippen LogP contribution in [-0.2, 0) is 9.53 Å². The highest BCUT2D eigenvalue weighted by Crippen LogP contribution is 2.36. The highest BCUT2D eigenvalue weighted by atomic mass is 16.5.